The van der Waals surface area contributed by atoms with Crippen LogP contribution in [0.25, 0.3) is 6.08 Å². The van der Waals surface area contributed by atoms with Crippen LogP contribution in [0.4, 0.5) is 5.69 Å². The molecule has 0 radical (unpaired) electrons. The molecule has 0 aliphatic heterocycles. The predicted octanol–water partition coefficient (Wildman–Crippen LogP) is 4.09. The van der Waals surface area contributed by atoms with Gasteiger partial charge in [-0.2, -0.15) is 0 Å². The molecule has 0 heterocycles. The topological polar surface area (TPSA) is 75.6 Å². The van der Waals surface area contributed by atoms with E-state index in [0.717, 1.165) is 5.56 Å². The molecule has 0 aliphatic carbocycles. The number of carboxylic acids is 1. The Hall–Kier alpha value is -2.79. The van der Waals surface area contributed by atoms with Crippen LogP contribution in [0.3, 0.4) is 0 Å². The van der Waals surface area contributed by atoms with Crippen molar-refractivity contribution in [2.75, 3.05) is 12.4 Å². The summed E-state index contributed by atoms with van der Waals surface area (Å²) in [5.74, 6) is -0.938. The maximum atomic E-state index is 12.3. The van der Waals surface area contributed by atoms with Gasteiger partial charge in [0.1, 0.15) is 5.75 Å². The zero-order valence-corrected chi connectivity index (χ0v) is 13.9. The summed E-state index contributed by atoms with van der Waals surface area (Å²) in [4.78, 5) is 23.6. The molecule has 2 aromatic rings. The summed E-state index contributed by atoms with van der Waals surface area (Å²) in [5.41, 5.74) is 1.28. The number of nitrogens with one attached hydrogen (secondary N) is 1. The third kappa shape index (κ3) is 4.14. The number of anilines is 1. The number of methoxy groups -OCH3 is 1. The largest absolute Gasteiger partial charge is 0.496 e. The molecule has 124 valence electrons. The van der Waals surface area contributed by atoms with Gasteiger partial charge in [0, 0.05) is 16.2 Å². The van der Waals surface area contributed by atoms with Gasteiger partial charge in [0.25, 0.3) is 5.91 Å². The summed E-state index contributed by atoms with van der Waals surface area (Å²) in [6, 6.07) is 11.5. The first-order valence-corrected chi connectivity index (χ1v) is 7.45. The van der Waals surface area contributed by atoms with E-state index in [9.17, 15) is 14.7 Å². The quantitative estimate of drug-likeness (QED) is 0.800. The van der Waals surface area contributed by atoms with Crippen LogP contribution in [0.5, 0.6) is 5.75 Å². The Morgan fingerprint density at radius 3 is 2.58 bits per heavy atom. The Bertz CT molecular complexity index is 814. The lowest BCUT2D eigenvalue weighted by Gasteiger charge is -2.10. The van der Waals surface area contributed by atoms with Gasteiger partial charge in [-0.3, -0.25) is 4.79 Å². The SMILES string of the molecule is COc1ccccc1C=C(C)C(=O)Nc1ccc(Cl)cc1C(=O)O. The molecule has 0 spiro atoms. The summed E-state index contributed by atoms with van der Waals surface area (Å²) in [6.07, 6.45) is 1.67. The first-order chi connectivity index (χ1) is 11.4. The van der Waals surface area contributed by atoms with Gasteiger partial charge in [-0.25, -0.2) is 4.79 Å². The fraction of sp³-hybridized carbons (Fsp3) is 0.111. The first kappa shape index (κ1) is 17.6. The van der Waals surface area contributed by atoms with Gasteiger partial charge in [0.15, 0.2) is 0 Å². The van der Waals surface area contributed by atoms with E-state index in [1.54, 1.807) is 26.2 Å². The van der Waals surface area contributed by atoms with Gasteiger partial charge in [-0.1, -0.05) is 29.8 Å². The molecule has 2 rings (SSSR count). The zero-order chi connectivity index (χ0) is 17.7. The molecular weight excluding hydrogens is 330 g/mol. The van der Waals surface area contributed by atoms with Crippen molar-refractivity contribution in [1.29, 1.82) is 0 Å². The van der Waals surface area contributed by atoms with Crippen molar-refractivity contribution in [3.05, 3.63) is 64.2 Å². The second-order valence-corrected chi connectivity index (χ2v) is 5.45. The number of carbonyl (C=O) groups is 2. The van der Waals surface area contributed by atoms with Crippen LogP contribution in [0.1, 0.15) is 22.8 Å². The van der Waals surface area contributed by atoms with Crippen LogP contribution in [-0.4, -0.2) is 24.1 Å². The van der Waals surface area contributed by atoms with Crippen LogP contribution < -0.4 is 10.1 Å². The lowest BCUT2D eigenvalue weighted by Crippen LogP contribution is -2.15. The summed E-state index contributed by atoms with van der Waals surface area (Å²) < 4.78 is 5.24. The summed E-state index contributed by atoms with van der Waals surface area (Å²) in [6.45, 7) is 1.64. The van der Waals surface area contributed by atoms with Gasteiger partial charge in [-0.15, -0.1) is 0 Å². The lowest BCUT2D eigenvalue weighted by molar-refractivity contribution is -0.112. The molecule has 6 heteroatoms. The summed E-state index contributed by atoms with van der Waals surface area (Å²) >= 11 is 5.80. The fourth-order valence-corrected chi connectivity index (χ4v) is 2.28. The number of rotatable bonds is 5. The highest BCUT2D eigenvalue weighted by molar-refractivity contribution is 6.31. The number of carboxylic acid groups (broad SMARTS) is 1. The molecule has 0 atom stereocenters. The number of halogens is 1. The molecule has 2 N–H and O–H groups in total. The van der Waals surface area contributed by atoms with Crippen molar-refractivity contribution in [2.45, 2.75) is 6.92 Å². The standard InChI is InChI=1S/C18H16ClNO4/c1-11(9-12-5-3-4-6-16(12)24-2)17(21)20-15-8-7-13(19)10-14(15)18(22)23/h3-10H,1-2H3,(H,20,21)(H,22,23). The van der Waals surface area contributed by atoms with Crippen LogP contribution >= 0.6 is 11.6 Å². The number of amides is 1. The molecule has 1 amide bonds. The second-order valence-electron chi connectivity index (χ2n) is 5.02. The smallest absolute Gasteiger partial charge is 0.337 e. The van der Waals surface area contributed by atoms with Crippen LogP contribution in [0, 0.1) is 0 Å². The first-order valence-electron chi connectivity index (χ1n) is 7.08. The molecule has 5 nitrogen and oxygen atoms in total. The third-order valence-corrected chi connectivity index (χ3v) is 3.56. The van der Waals surface area contributed by atoms with Crippen LogP contribution in [-0.2, 0) is 4.79 Å². The Morgan fingerprint density at radius 1 is 1.21 bits per heavy atom. The van der Waals surface area contributed by atoms with Crippen molar-refractivity contribution in [2.24, 2.45) is 0 Å². The maximum absolute atomic E-state index is 12.3. The Morgan fingerprint density at radius 2 is 1.92 bits per heavy atom. The molecule has 0 aliphatic rings. The number of carbonyl (C=O) groups excluding carboxylic acids is 1. The monoisotopic (exact) mass is 345 g/mol. The number of hydrogen-bond donors (Lipinski definition) is 2. The van der Waals surface area contributed by atoms with Gasteiger partial charge in [0.05, 0.1) is 18.4 Å². The number of para-hydroxylation sites is 1. The van der Waals surface area contributed by atoms with Crippen molar-refractivity contribution in [3.63, 3.8) is 0 Å². The Balaban J connectivity index is 2.27. The van der Waals surface area contributed by atoms with Gasteiger partial charge in [-0.05, 0) is 37.3 Å². The van der Waals surface area contributed by atoms with Crippen LogP contribution in [0.2, 0.25) is 5.02 Å². The molecule has 0 saturated heterocycles. The number of aromatic carboxylic acids is 1. The van der Waals surface area contributed by atoms with Crippen molar-refractivity contribution in [1.82, 2.24) is 0 Å². The van der Waals surface area contributed by atoms with Crippen molar-refractivity contribution >= 4 is 35.2 Å². The third-order valence-electron chi connectivity index (χ3n) is 3.33. The van der Waals surface area contributed by atoms with E-state index >= 15 is 0 Å². The summed E-state index contributed by atoms with van der Waals surface area (Å²) in [5, 5.41) is 12.1. The zero-order valence-electron chi connectivity index (χ0n) is 13.2. The van der Waals surface area contributed by atoms with Gasteiger partial charge in [0.2, 0.25) is 0 Å². The minimum Gasteiger partial charge on any atom is -0.496 e. The normalized spacial score (nSPS) is 11.0. The van der Waals surface area contributed by atoms with E-state index in [1.807, 2.05) is 18.2 Å². The predicted molar refractivity (Wildman–Crippen MR) is 93.7 cm³/mol. The van der Waals surface area contributed by atoms with E-state index in [2.05, 4.69) is 5.32 Å². The second kappa shape index (κ2) is 7.66. The minimum atomic E-state index is -1.17. The lowest BCUT2D eigenvalue weighted by atomic mass is 10.1. The maximum Gasteiger partial charge on any atom is 0.337 e. The summed E-state index contributed by atoms with van der Waals surface area (Å²) in [7, 11) is 1.55. The minimum absolute atomic E-state index is 0.0686. The Kier molecular flexibility index (Phi) is 5.60. The molecular formula is C18H16ClNO4. The average molecular weight is 346 g/mol. The molecule has 2 aromatic carbocycles. The van der Waals surface area contributed by atoms with E-state index in [4.69, 9.17) is 16.3 Å². The molecule has 0 bridgehead atoms. The van der Waals surface area contributed by atoms with Gasteiger partial charge >= 0.3 is 5.97 Å². The number of ether oxygens (including phenoxy) is 1. The fourth-order valence-electron chi connectivity index (χ4n) is 2.11. The van der Waals surface area contributed by atoms with E-state index in [0.29, 0.717) is 11.3 Å². The van der Waals surface area contributed by atoms with E-state index in [1.165, 1.54) is 18.2 Å². The van der Waals surface area contributed by atoms with Crippen molar-refractivity contribution < 1.29 is 19.4 Å². The molecule has 24 heavy (non-hydrogen) atoms. The van der Waals surface area contributed by atoms with Gasteiger partial charge < -0.3 is 15.2 Å². The highest BCUT2D eigenvalue weighted by Gasteiger charge is 2.14. The molecule has 0 saturated carbocycles. The number of hydrogen-bond acceptors (Lipinski definition) is 3. The van der Waals surface area contributed by atoms with Crippen molar-refractivity contribution in [3.8, 4) is 5.75 Å². The van der Waals surface area contributed by atoms with E-state index < -0.39 is 11.9 Å². The average Bonchev–Trinajstić information content (AvgIpc) is 2.56. The highest BCUT2D eigenvalue weighted by atomic mass is 35.5. The number of benzene rings is 2. The van der Waals surface area contributed by atoms with E-state index in [-0.39, 0.29) is 16.3 Å². The van der Waals surface area contributed by atoms with Crippen LogP contribution in [0.15, 0.2) is 48.0 Å². The Labute approximate surface area is 144 Å². The highest BCUT2D eigenvalue weighted by Crippen LogP contribution is 2.23. The molecule has 0 fully saturated rings. The molecule has 0 unspecified atom stereocenters. The molecule has 0 aromatic heterocycles.